The Morgan fingerprint density at radius 2 is 1.52 bits per heavy atom. The van der Waals surface area contributed by atoms with Crippen LogP contribution in [0.3, 0.4) is 0 Å². The average molecular weight is 384 g/mol. The van der Waals surface area contributed by atoms with Crippen molar-refractivity contribution >= 4 is 34.8 Å². The number of hydrogen-bond acceptors (Lipinski definition) is 3. The molecule has 2 aliphatic heterocycles. The maximum absolute atomic E-state index is 12.0. The van der Waals surface area contributed by atoms with Crippen LogP contribution in [-0.2, 0) is 16.0 Å². The van der Waals surface area contributed by atoms with E-state index in [4.69, 9.17) is 4.74 Å². The number of methoxy groups -OCH3 is 1. The molecule has 0 saturated carbocycles. The number of carbonyl (C=O) groups is 2. The predicted octanol–water partition coefficient (Wildman–Crippen LogP) is 4.37. The summed E-state index contributed by atoms with van der Waals surface area (Å²) < 4.78 is 5.12. The normalized spacial score (nSPS) is 15.0. The molecule has 0 spiro atoms. The average Bonchev–Trinajstić information content (AvgIpc) is 3.28. The number of amides is 2. The Balaban J connectivity index is 0.000000171. The molecule has 0 unspecified atom stereocenters. The molecule has 5 rings (SSSR count). The Hall–Kier alpha value is -3.86. The molecular formula is C24H20N2O3. The van der Waals surface area contributed by atoms with Gasteiger partial charge >= 0.3 is 0 Å². The van der Waals surface area contributed by atoms with Crippen LogP contribution in [0.25, 0.3) is 11.6 Å². The van der Waals surface area contributed by atoms with Crippen LogP contribution in [0.1, 0.15) is 16.7 Å². The van der Waals surface area contributed by atoms with E-state index in [0.717, 1.165) is 33.8 Å². The Morgan fingerprint density at radius 3 is 2.24 bits per heavy atom. The van der Waals surface area contributed by atoms with Crippen molar-refractivity contribution in [2.45, 2.75) is 6.42 Å². The number of nitrogens with one attached hydrogen (secondary N) is 2. The zero-order valence-corrected chi connectivity index (χ0v) is 15.9. The maximum atomic E-state index is 12.0. The molecule has 2 N–H and O–H groups in total. The standard InChI is InChI=1S/C16H13NO2.C8H7NO/c1-19-12-8-6-11(7-9-12)10-14-13-4-2-3-5-15(13)17-16(14)18;10-8-5-6-3-1-2-4-7(6)9-8/h2-10H,1H3,(H,17,18);1-4H,5H2,(H,9,10)/b14-10-;. The van der Waals surface area contributed by atoms with E-state index < -0.39 is 0 Å². The fourth-order valence-electron chi connectivity index (χ4n) is 3.31. The van der Waals surface area contributed by atoms with Crippen molar-refractivity contribution in [3.8, 4) is 5.75 Å². The van der Waals surface area contributed by atoms with Gasteiger partial charge in [-0.1, -0.05) is 48.5 Å². The van der Waals surface area contributed by atoms with Gasteiger partial charge in [-0.2, -0.15) is 0 Å². The van der Waals surface area contributed by atoms with E-state index in [1.165, 1.54) is 0 Å². The third-order valence-electron chi connectivity index (χ3n) is 4.78. The number of para-hydroxylation sites is 2. The molecule has 2 aliphatic rings. The minimum atomic E-state index is -0.0583. The summed E-state index contributed by atoms with van der Waals surface area (Å²) >= 11 is 0. The number of fused-ring (bicyclic) bond motifs is 2. The predicted molar refractivity (Wildman–Crippen MR) is 115 cm³/mol. The lowest BCUT2D eigenvalue weighted by Gasteiger charge is -2.01. The van der Waals surface area contributed by atoms with E-state index >= 15 is 0 Å². The molecule has 0 radical (unpaired) electrons. The lowest BCUT2D eigenvalue weighted by molar-refractivity contribution is -0.115. The Morgan fingerprint density at radius 1 is 0.828 bits per heavy atom. The minimum absolute atomic E-state index is 0.0583. The summed E-state index contributed by atoms with van der Waals surface area (Å²) in [7, 11) is 1.63. The highest BCUT2D eigenvalue weighted by atomic mass is 16.5. The number of anilines is 2. The third kappa shape index (κ3) is 4.04. The van der Waals surface area contributed by atoms with Gasteiger partial charge in [-0.05, 0) is 41.5 Å². The topological polar surface area (TPSA) is 67.4 Å². The fraction of sp³-hybridized carbons (Fsp3) is 0.0833. The molecule has 2 amide bonds. The Labute approximate surface area is 169 Å². The van der Waals surface area contributed by atoms with Crippen LogP contribution < -0.4 is 15.4 Å². The summed E-state index contributed by atoms with van der Waals surface area (Å²) in [6, 6.07) is 23.1. The SMILES string of the molecule is COc1ccc(/C=C2\C(=O)Nc3ccccc32)cc1.O=C1Cc2ccccc2N1. The van der Waals surface area contributed by atoms with Crippen molar-refractivity contribution < 1.29 is 14.3 Å². The lowest BCUT2D eigenvalue weighted by Crippen LogP contribution is -2.03. The molecule has 5 heteroatoms. The monoisotopic (exact) mass is 384 g/mol. The van der Waals surface area contributed by atoms with E-state index in [1.807, 2.05) is 78.9 Å². The Bertz CT molecular complexity index is 1070. The first-order chi connectivity index (χ1) is 14.1. The highest BCUT2D eigenvalue weighted by Crippen LogP contribution is 2.32. The molecule has 3 aromatic rings. The van der Waals surface area contributed by atoms with Gasteiger partial charge < -0.3 is 15.4 Å². The molecule has 2 heterocycles. The van der Waals surface area contributed by atoms with Crippen molar-refractivity contribution in [2.75, 3.05) is 17.7 Å². The molecule has 0 fully saturated rings. The van der Waals surface area contributed by atoms with Crippen LogP contribution in [-0.4, -0.2) is 18.9 Å². The van der Waals surface area contributed by atoms with Gasteiger partial charge in [0.05, 0.1) is 13.5 Å². The van der Waals surface area contributed by atoms with Crippen molar-refractivity contribution in [3.63, 3.8) is 0 Å². The maximum Gasteiger partial charge on any atom is 0.256 e. The summed E-state index contributed by atoms with van der Waals surface area (Å²) in [5.41, 5.74) is 5.55. The molecule has 5 nitrogen and oxygen atoms in total. The highest BCUT2D eigenvalue weighted by Gasteiger charge is 2.23. The van der Waals surface area contributed by atoms with Crippen LogP contribution >= 0.6 is 0 Å². The molecule has 0 bridgehead atoms. The molecule has 144 valence electrons. The summed E-state index contributed by atoms with van der Waals surface area (Å²) in [5, 5.41) is 5.62. The zero-order valence-electron chi connectivity index (χ0n) is 15.9. The van der Waals surface area contributed by atoms with Crippen molar-refractivity contribution in [1.29, 1.82) is 0 Å². The van der Waals surface area contributed by atoms with Gasteiger partial charge in [-0.3, -0.25) is 9.59 Å². The molecule has 3 aromatic carbocycles. The molecular weight excluding hydrogens is 364 g/mol. The van der Waals surface area contributed by atoms with Crippen LogP contribution in [0.4, 0.5) is 11.4 Å². The Kier molecular flexibility index (Phi) is 5.12. The van der Waals surface area contributed by atoms with E-state index in [0.29, 0.717) is 12.0 Å². The lowest BCUT2D eigenvalue weighted by atomic mass is 10.0. The van der Waals surface area contributed by atoms with Crippen molar-refractivity contribution in [3.05, 3.63) is 89.5 Å². The van der Waals surface area contributed by atoms with Crippen LogP contribution in [0.2, 0.25) is 0 Å². The summed E-state index contributed by atoms with van der Waals surface area (Å²) in [6.07, 6.45) is 2.43. The van der Waals surface area contributed by atoms with Gasteiger partial charge in [0, 0.05) is 22.5 Å². The largest absolute Gasteiger partial charge is 0.497 e. The first-order valence-electron chi connectivity index (χ1n) is 9.28. The summed E-state index contributed by atoms with van der Waals surface area (Å²) in [6.45, 7) is 0. The molecule has 0 saturated heterocycles. The first-order valence-corrected chi connectivity index (χ1v) is 9.28. The second-order valence-electron chi connectivity index (χ2n) is 6.71. The molecule has 29 heavy (non-hydrogen) atoms. The number of ether oxygens (including phenoxy) is 1. The molecule has 0 aliphatic carbocycles. The molecule has 0 aromatic heterocycles. The molecule has 0 atom stereocenters. The van der Waals surface area contributed by atoms with Crippen molar-refractivity contribution in [1.82, 2.24) is 0 Å². The van der Waals surface area contributed by atoms with Crippen LogP contribution in [0, 0.1) is 0 Å². The van der Waals surface area contributed by atoms with Gasteiger partial charge in [0.1, 0.15) is 5.75 Å². The fourth-order valence-corrected chi connectivity index (χ4v) is 3.31. The van der Waals surface area contributed by atoms with Gasteiger partial charge in [-0.25, -0.2) is 0 Å². The second-order valence-corrected chi connectivity index (χ2v) is 6.71. The van der Waals surface area contributed by atoms with Crippen molar-refractivity contribution in [2.24, 2.45) is 0 Å². The van der Waals surface area contributed by atoms with E-state index in [9.17, 15) is 9.59 Å². The van der Waals surface area contributed by atoms with Gasteiger partial charge in [0.15, 0.2) is 0 Å². The number of carbonyl (C=O) groups excluding carboxylic acids is 2. The quantitative estimate of drug-likeness (QED) is 0.645. The van der Waals surface area contributed by atoms with E-state index in [1.54, 1.807) is 7.11 Å². The number of rotatable bonds is 2. The van der Waals surface area contributed by atoms with Crippen LogP contribution in [0.15, 0.2) is 72.8 Å². The van der Waals surface area contributed by atoms with E-state index in [2.05, 4.69) is 10.6 Å². The second kappa shape index (κ2) is 8.02. The first kappa shape index (κ1) is 18.5. The summed E-state index contributed by atoms with van der Waals surface area (Å²) in [4.78, 5) is 22.7. The van der Waals surface area contributed by atoms with Gasteiger partial charge in [-0.15, -0.1) is 0 Å². The highest BCUT2D eigenvalue weighted by molar-refractivity contribution is 6.34. The minimum Gasteiger partial charge on any atom is -0.497 e. The number of hydrogen-bond donors (Lipinski definition) is 2. The van der Waals surface area contributed by atoms with Gasteiger partial charge in [0.25, 0.3) is 5.91 Å². The zero-order chi connectivity index (χ0) is 20.2. The van der Waals surface area contributed by atoms with Gasteiger partial charge in [0.2, 0.25) is 5.91 Å². The van der Waals surface area contributed by atoms with Crippen LogP contribution in [0.5, 0.6) is 5.75 Å². The van der Waals surface area contributed by atoms with E-state index in [-0.39, 0.29) is 11.8 Å². The summed E-state index contributed by atoms with van der Waals surface area (Å²) in [5.74, 6) is 0.844. The third-order valence-corrected chi connectivity index (χ3v) is 4.78. The smallest absolute Gasteiger partial charge is 0.256 e. The number of benzene rings is 3.